The van der Waals surface area contributed by atoms with Crippen molar-refractivity contribution in [1.29, 1.82) is 0 Å². The van der Waals surface area contributed by atoms with Gasteiger partial charge in [-0.3, -0.25) is 14.2 Å². The fraction of sp³-hybridized carbons (Fsp3) is 0.316. The molecule has 2 heterocycles. The van der Waals surface area contributed by atoms with Crippen molar-refractivity contribution < 1.29 is 13.6 Å². The largest absolute Gasteiger partial charge is 0.355 e. The molecule has 2 aromatic heterocycles. The van der Waals surface area contributed by atoms with E-state index in [-0.39, 0.29) is 22.8 Å². The van der Waals surface area contributed by atoms with Crippen molar-refractivity contribution in [1.82, 2.24) is 14.5 Å². The Kier molecular flexibility index (Phi) is 5.73. The molecule has 0 bridgehead atoms. The standard InChI is InChI=1S/C19H19F2N3O3S/c1-11(2)3-5-22-16(25)10-23-15-4-6-28-17(15)18(26)24(19(23)27)14-8-12(20)7-13(21)9-14/h4,6-9,11H,3,5,10H2,1-2H3,(H,22,25). The summed E-state index contributed by atoms with van der Waals surface area (Å²) in [5.41, 5.74) is -1.43. The number of hydrogen-bond donors (Lipinski definition) is 1. The Hall–Kier alpha value is -2.81. The Morgan fingerprint density at radius 1 is 1.18 bits per heavy atom. The lowest BCUT2D eigenvalue weighted by Crippen LogP contribution is -2.41. The summed E-state index contributed by atoms with van der Waals surface area (Å²) in [5, 5.41) is 4.36. The molecule has 28 heavy (non-hydrogen) atoms. The number of nitrogens with one attached hydrogen (secondary N) is 1. The first kappa shape index (κ1) is 19.9. The van der Waals surface area contributed by atoms with Gasteiger partial charge in [0, 0.05) is 12.6 Å². The van der Waals surface area contributed by atoms with Crippen molar-refractivity contribution in [3.63, 3.8) is 0 Å². The summed E-state index contributed by atoms with van der Waals surface area (Å²) in [7, 11) is 0. The quantitative estimate of drug-likeness (QED) is 0.683. The number of aromatic nitrogens is 2. The Morgan fingerprint density at radius 2 is 1.86 bits per heavy atom. The van der Waals surface area contributed by atoms with Crippen LogP contribution in [0.4, 0.5) is 8.78 Å². The Labute approximate surface area is 163 Å². The normalized spacial score (nSPS) is 11.3. The van der Waals surface area contributed by atoms with Crippen molar-refractivity contribution >= 4 is 27.5 Å². The molecular weight excluding hydrogens is 388 g/mol. The second-order valence-electron chi connectivity index (χ2n) is 6.80. The van der Waals surface area contributed by atoms with Crippen molar-refractivity contribution in [3.8, 4) is 5.69 Å². The third kappa shape index (κ3) is 4.04. The summed E-state index contributed by atoms with van der Waals surface area (Å²) in [4.78, 5) is 38.0. The molecule has 6 nitrogen and oxygen atoms in total. The number of nitrogens with zero attached hydrogens (tertiary/aromatic N) is 2. The SMILES string of the molecule is CC(C)CCNC(=O)Cn1c(=O)n(-c2cc(F)cc(F)c2)c(=O)c2sccc21. The molecule has 1 aromatic carbocycles. The fourth-order valence-electron chi connectivity index (χ4n) is 2.84. The zero-order chi connectivity index (χ0) is 20.4. The molecule has 0 fully saturated rings. The highest BCUT2D eigenvalue weighted by Gasteiger charge is 2.18. The molecule has 0 unspecified atom stereocenters. The van der Waals surface area contributed by atoms with Crippen LogP contribution >= 0.6 is 11.3 Å². The Bertz CT molecular complexity index is 1130. The van der Waals surface area contributed by atoms with Gasteiger partial charge in [0.2, 0.25) is 5.91 Å². The number of carbonyl (C=O) groups is 1. The van der Waals surface area contributed by atoms with Gasteiger partial charge < -0.3 is 5.32 Å². The van der Waals surface area contributed by atoms with Crippen molar-refractivity contribution in [2.45, 2.75) is 26.8 Å². The first-order valence-electron chi connectivity index (χ1n) is 8.74. The van der Waals surface area contributed by atoms with Gasteiger partial charge in [-0.25, -0.2) is 18.1 Å². The van der Waals surface area contributed by atoms with Crippen LogP contribution in [0.15, 0.2) is 39.2 Å². The highest BCUT2D eigenvalue weighted by Crippen LogP contribution is 2.17. The summed E-state index contributed by atoms with van der Waals surface area (Å²) in [6.07, 6.45) is 0.788. The van der Waals surface area contributed by atoms with Gasteiger partial charge in [0.15, 0.2) is 0 Å². The van der Waals surface area contributed by atoms with Crippen LogP contribution in [0.25, 0.3) is 15.9 Å². The lowest BCUT2D eigenvalue weighted by atomic mass is 10.1. The minimum Gasteiger partial charge on any atom is -0.355 e. The number of rotatable bonds is 6. The second-order valence-corrected chi connectivity index (χ2v) is 7.72. The monoisotopic (exact) mass is 407 g/mol. The van der Waals surface area contributed by atoms with Gasteiger partial charge in [-0.1, -0.05) is 13.8 Å². The number of benzene rings is 1. The van der Waals surface area contributed by atoms with Gasteiger partial charge >= 0.3 is 5.69 Å². The van der Waals surface area contributed by atoms with E-state index in [4.69, 9.17) is 0 Å². The van der Waals surface area contributed by atoms with E-state index in [1.807, 2.05) is 13.8 Å². The molecule has 1 N–H and O–H groups in total. The van der Waals surface area contributed by atoms with Crippen LogP contribution < -0.4 is 16.6 Å². The van der Waals surface area contributed by atoms with E-state index in [1.54, 1.807) is 11.4 Å². The number of fused-ring (bicyclic) bond motifs is 1. The third-order valence-electron chi connectivity index (χ3n) is 4.21. The topological polar surface area (TPSA) is 73.1 Å². The van der Waals surface area contributed by atoms with Gasteiger partial charge in [0.05, 0.1) is 11.2 Å². The van der Waals surface area contributed by atoms with Crippen molar-refractivity contribution in [3.05, 3.63) is 62.1 Å². The van der Waals surface area contributed by atoms with Crippen LogP contribution in [-0.4, -0.2) is 21.6 Å². The summed E-state index contributed by atoms with van der Waals surface area (Å²) in [6, 6.07) is 4.02. The van der Waals surface area contributed by atoms with Crippen molar-refractivity contribution in [2.24, 2.45) is 5.92 Å². The summed E-state index contributed by atoms with van der Waals surface area (Å²) in [6.45, 7) is 4.22. The van der Waals surface area contributed by atoms with Crippen LogP contribution in [0.5, 0.6) is 0 Å². The smallest absolute Gasteiger partial charge is 0.336 e. The average Bonchev–Trinajstić information content (AvgIpc) is 3.07. The van der Waals surface area contributed by atoms with Crippen LogP contribution in [-0.2, 0) is 11.3 Å². The van der Waals surface area contributed by atoms with E-state index in [0.29, 0.717) is 28.6 Å². The van der Waals surface area contributed by atoms with E-state index >= 15 is 0 Å². The molecule has 0 aliphatic carbocycles. The summed E-state index contributed by atoms with van der Waals surface area (Å²) >= 11 is 1.09. The lowest BCUT2D eigenvalue weighted by Gasteiger charge is -2.13. The van der Waals surface area contributed by atoms with Gasteiger partial charge in [0.1, 0.15) is 22.9 Å². The molecule has 0 spiro atoms. The van der Waals surface area contributed by atoms with Crippen LogP contribution in [0.3, 0.4) is 0 Å². The van der Waals surface area contributed by atoms with E-state index in [0.717, 1.165) is 34.5 Å². The highest BCUT2D eigenvalue weighted by atomic mass is 32.1. The predicted molar refractivity (Wildman–Crippen MR) is 104 cm³/mol. The number of thiophene rings is 1. The molecule has 9 heteroatoms. The number of amides is 1. The molecule has 0 aliphatic rings. The van der Waals surface area contributed by atoms with Gasteiger partial charge in [0.25, 0.3) is 5.56 Å². The van der Waals surface area contributed by atoms with Gasteiger partial charge in [-0.15, -0.1) is 11.3 Å². The first-order chi connectivity index (χ1) is 13.3. The van der Waals surface area contributed by atoms with Crippen LogP contribution in [0.1, 0.15) is 20.3 Å². The highest BCUT2D eigenvalue weighted by molar-refractivity contribution is 7.17. The maximum atomic E-state index is 13.6. The number of hydrogen-bond acceptors (Lipinski definition) is 4. The number of halogens is 2. The molecule has 0 saturated heterocycles. The fourth-order valence-corrected chi connectivity index (χ4v) is 3.66. The van der Waals surface area contributed by atoms with E-state index < -0.39 is 22.9 Å². The summed E-state index contributed by atoms with van der Waals surface area (Å²) in [5.74, 6) is -1.79. The molecule has 0 saturated carbocycles. The Morgan fingerprint density at radius 3 is 2.50 bits per heavy atom. The van der Waals surface area contributed by atoms with Crippen molar-refractivity contribution in [2.75, 3.05) is 6.54 Å². The predicted octanol–water partition coefficient (Wildman–Crippen LogP) is 2.65. The van der Waals surface area contributed by atoms with Crippen LogP contribution in [0, 0.1) is 17.6 Å². The number of carbonyl (C=O) groups excluding carboxylic acids is 1. The summed E-state index contributed by atoms with van der Waals surface area (Å²) < 4.78 is 29.3. The molecular formula is C19H19F2N3O3S. The van der Waals surface area contributed by atoms with Gasteiger partial charge in [-0.05, 0) is 35.9 Å². The van der Waals surface area contributed by atoms with Crippen LogP contribution in [0.2, 0.25) is 0 Å². The molecule has 0 atom stereocenters. The molecule has 1 amide bonds. The second kappa shape index (κ2) is 8.05. The lowest BCUT2D eigenvalue weighted by molar-refractivity contribution is -0.121. The first-order valence-corrected chi connectivity index (χ1v) is 9.62. The minimum atomic E-state index is -0.912. The molecule has 0 radical (unpaired) electrons. The zero-order valence-corrected chi connectivity index (χ0v) is 16.2. The molecule has 148 valence electrons. The maximum Gasteiger partial charge on any atom is 0.336 e. The van der Waals surface area contributed by atoms with E-state index in [9.17, 15) is 23.2 Å². The third-order valence-corrected chi connectivity index (χ3v) is 5.10. The molecule has 3 rings (SSSR count). The molecule has 0 aliphatic heterocycles. The van der Waals surface area contributed by atoms with E-state index in [1.165, 1.54) is 0 Å². The van der Waals surface area contributed by atoms with Gasteiger partial charge in [-0.2, -0.15) is 0 Å². The Balaban J connectivity index is 2.08. The average molecular weight is 407 g/mol. The maximum absolute atomic E-state index is 13.6. The van der Waals surface area contributed by atoms with E-state index in [2.05, 4.69) is 5.32 Å². The zero-order valence-electron chi connectivity index (χ0n) is 15.4. The molecule has 3 aromatic rings. The minimum absolute atomic E-state index is 0.222.